The van der Waals surface area contributed by atoms with E-state index in [4.69, 9.17) is 0 Å². The van der Waals surface area contributed by atoms with Crippen LogP contribution in [-0.4, -0.2) is 4.98 Å². The molecule has 3 aromatic rings. The van der Waals surface area contributed by atoms with Crippen LogP contribution >= 0.6 is 0 Å². The zero-order valence-corrected chi connectivity index (χ0v) is 10.0. The highest BCUT2D eigenvalue weighted by Gasteiger charge is 1.97. The fourth-order valence-electron chi connectivity index (χ4n) is 2.01. The lowest BCUT2D eigenvalue weighted by Crippen LogP contribution is -2.00. The van der Waals surface area contributed by atoms with Gasteiger partial charge in [0.15, 0.2) is 0 Å². The number of benzene rings is 2. The summed E-state index contributed by atoms with van der Waals surface area (Å²) in [7, 11) is 0. The lowest BCUT2D eigenvalue weighted by atomic mass is 10.1. The molecule has 1 aromatic heterocycles. The van der Waals surface area contributed by atoms with Crippen LogP contribution in [0.15, 0.2) is 66.9 Å². The first-order valence-corrected chi connectivity index (χ1v) is 6.04. The number of nitrogens with one attached hydrogen (secondary N) is 1. The molecule has 0 spiro atoms. The zero-order chi connectivity index (χ0) is 12.2. The summed E-state index contributed by atoms with van der Waals surface area (Å²) < 4.78 is 0. The van der Waals surface area contributed by atoms with Crippen LogP contribution in [-0.2, 0) is 6.54 Å². The maximum Gasteiger partial charge on any atom is 0.126 e. The molecule has 3 rings (SSSR count). The van der Waals surface area contributed by atoms with E-state index in [0.29, 0.717) is 0 Å². The van der Waals surface area contributed by atoms with Crippen molar-refractivity contribution >= 4 is 16.6 Å². The molecule has 1 N–H and O–H groups in total. The Morgan fingerprint density at radius 2 is 1.67 bits per heavy atom. The molecule has 0 aliphatic heterocycles. The third kappa shape index (κ3) is 2.33. The standard InChI is InChI=1S/C16H14N2/c1-2-6-15-11-13(8-9-14(15)5-1)12-18-16-7-3-4-10-17-16/h1-11H,12H2,(H,17,18). The summed E-state index contributed by atoms with van der Waals surface area (Å²) in [6.07, 6.45) is 1.79. The molecule has 0 aliphatic rings. The number of hydrogen-bond donors (Lipinski definition) is 1. The van der Waals surface area contributed by atoms with Gasteiger partial charge in [-0.2, -0.15) is 0 Å². The molecule has 0 aliphatic carbocycles. The quantitative estimate of drug-likeness (QED) is 0.744. The van der Waals surface area contributed by atoms with Crippen molar-refractivity contribution in [3.8, 4) is 0 Å². The van der Waals surface area contributed by atoms with Crippen molar-refractivity contribution in [2.45, 2.75) is 6.54 Å². The summed E-state index contributed by atoms with van der Waals surface area (Å²) in [6.45, 7) is 0.793. The summed E-state index contributed by atoms with van der Waals surface area (Å²) in [5, 5.41) is 5.87. The first-order valence-electron chi connectivity index (χ1n) is 6.04. The minimum absolute atomic E-state index is 0.793. The Morgan fingerprint density at radius 3 is 2.50 bits per heavy atom. The molecule has 0 atom stereocenters. The van der Waals surface area contributed by atoms with Crippen LogP contribution in [0, 0.1) is 0 Å². The highest BCUT2D eigenvalue weighted by atomic mass is 15.0. The van der Waals surface area contributed by atoms with E-state index >= 15 is 0 Å². The van der Waals surface area contributed by atoms with Gasteiger partial charge in [-0.25, -0.2) is 4.98 Å². The third-order valence-corrected chi connectivity index (χ3v) is 2.95. The molecule has 0 unspecified atom stereocenters. The van der Waals surface area contributed by atoms with Crippen LogP contribution in [0.1, 0.15) is 5.56 Å². The second kappa shape index (κ2) is 4.88. The van der Waals surface area contributed by atoms with Gasteiger partial charge in [-0.05, 0) is 34.5 Å². The molecule has 18 heavy (non-hydrogen) atoms. The minimum atomic E-state index is 0.793. The van der Waals surface area contributed by atoms with Crippen molar-refractivity contribution in [1.82, 2.24) is 4.98 Å². The number of aromatic nitrogens is 1. The molecule has 2 aromatic carbocycles. The molecule has 0 saturated carbocycles. The average Bonchev–Trinajstić information content (AvgIpc) is 2.46. The van der Waals surface area contributed by atoms with Gasteiger partial charge >= 0.3 is 0 Å². The second-order valence-electron chi connectivity index (χ2n) is 4.25. The van der Waals surface area contributed by atoms with E-state index in [1.54, 1.807) is 6.20 Å². The van der Waals surface area contributed by atoms with Crippen LogP contribution in [0.3, 0.4) is 0 Å². The molecule has 2 heteroatoms. The molecular formula is C16H14N2. The van der Waals surface area contributed by atoms with E-state index in [2.05, 4.69) is 52.8 Å². The Balaban J connectivity index is 1.79. The van der Waals surface area contributed by atoms with Gasteiger partial charge in [0.1, 0.15) is 5.82 Å². The molecule has 1 heterocycles. The molecule has 0 amide bonds. The van der Waals surface area contributed by atoms with Crippen LogP contribution in [0.5, 0.6) is 0 Å². The summed E-state index contributed by atoms with van der Waals surface area (Å²) in [5.74, 6) is 0.908. The van der Waals surface area contributed by atoms with Crippen molar-refractivity contribution in [2.75, 3.05) is 5.32 Å². The average molecular weight is 234 g/mol. The van der Waals surface area contributed by atoms with Crippen molar-refractivity contribution in [3.63, 3.8) is 0 Å². The van der Waals surface area contributed by atoms with Gasteiger partial charge in [0.05, 0.1) is 0 Å². The SMILES string of the molecule is c1ccc(NCc2ccc3ccccc3c2)nc1. The normalized spacial score (nSPS) is 10.4. The van der Waals surface area contributed by atoms with E-state index in [1.165, 1.54) is 16.3 Å². The van der Waals surface area contributed by atoms with Gasteiger partial charge in [-0.15, -0.1) is 0 Å². The number of anilines is 1. The van der Waals surface area contributed by atoms with Gasteiger partial charge in [0.25, 0.3) is 0 Å². The van der Waals surface area contributed by atoms with Gasteiger partial charge in [0, 0.05) is 12.7 Å². The third-order valence-electron chi connectivity index (χ3n) is 2.95. The number of rotatable bonds is 3. The summed E-state index contributed by atoms with van der Waals surface area (Å²) >= 11 is 0. The van der Waals surface area contributed by atoms with E-state index < -0.39 is 0 Å². The topological polar surface area (TPSA) is 24.9 Å². The van der Waals surface area contributed by atoms with Gasteiger partial charge in [-0.1, -0.05) is 42.5 Å². The Bertz CT molecular complexity index is 647. The van der Waals surface area contributed by atoms with Crippen molar-refractivity contribution in [3.05, 3.63) is 72.4 Å². The Labute approximate surface area is 106 Å². The van der Waals surface area contributed by atoms with Crippen molar-refractivity contribution < 1.29 is 0 Å². The predicted octanol–water partition coefficient (Wildman–Crippen LogP) is 3.85. The first kappa shape index (κ1) is 10.8. The molecule has 0 bridgehead atoms. The molecule has 0 saturated heterocycles. The lowest BCUT2D eigenvalue weighted by Gasteiger charge is -2.06. The van der Waals surface area contributed by atoms with Crippen molar-refractivity contribution in [1.29, 1.82) is 0 Å². The van der Waals surface area contributed by atoms with Crippen LogP contribution in [0.4, 0.5) is 5.82 Å². The second-order valence-corrected chi connectivity index (χ2v) is 4.25. The number of hydrogen-bond acceptors (Lipinski definition) is 2. The number of pyridine rings is 1. The maximum absolute atomic E-state index is 4.25. The van der Waals surface area contributed by atoms with Gasteiger partial charge in [-0.3, -0.25) is 0 Å². The van der Waals surface area contributed by atoms with Crippen LogP contribution in [0.2, 0.25) is 0 Å². The smallest absolute Gasteiger partial charge is 0.126 e. The van der Waals surface area contributed by atoms with Gasteiger partial charge in [0.2, 0.25) is 0 Å². The fourth-order valence-corrected chi connectivity index (χ4v) is 2.01. The van der Waals surface area contributed by atoms with E-state index in [1.807, 2.05) is 18.2 Å². The highest BCUT2D eigenvalue weighted by Crippen LogP contribution is 2.16. The number of nitrogens with zero attached hydrogens (tertiary/aromatic N) is 1. The molecule has 88 valence electrons. The van der Waals surface area contributed by atoms with Gasteiger partial charge < -0.3 is 5.32 Å². The molecule has 0 fully saturated rings. The highest BCUT2D eigenvalue weighted by molar-refractivity contribution is 5.83. The van der Waals surface area contributed by atoms with Crippen LogP contribution < -0.4 is 5.32 Å². The first-order chi connectivity index (χ1) is 8.92. The molecule has 0 radical (unpaired) electrons. The van der Waals surface area contributed by atoms with E-state index in [9.17, 15) is 0 Å². The van der Waals surface area contributed by atoms with Crippen molar-refractivity contribution in [2.24, 2.45) is 0 Å². The predicted molar refractivity (Wildman–Crippen MR) is 75.5 cm³/mol. The summed E-state index contributed by atoms with van der Waals surface area (Å²) in [4.78, 5) is 4.25. The van der Waals surface area contributed by atoms with E-state index in [0.717, 1.165) is 12.4 Å². The van der Waals surface area contributed by atoms with Crippen LogP contribution in [0.25, 0.3) is 10.8 Å². The Hall–Kier alpha value is -2.35. The minimum Gasteiger partial charge on any atom is -0.366 e. The summed E-state index contributed by atoms with van der Waals surface area (Å²) in [6, 6.07) is 20.8. The van der Waals surface area contributed by atoms with E-state index in [-0.39, 0.29) is 0 Å². The monoisotopic (exact) mass is 234 g/mol. The Morgan fingerprint density at radius 1 is 0.833 bits per heavy atom. The molecule has 2 nitrogen and oxygen atoms in total. The summed E-state index contributed by atoms with van der Waals surface area (Å²) in [5.41, 5.74) is 1.26. The number of fused-ring (bicyclic) bond motifs is 1. The zero-order valence-electron chi connectivity index (χ0n) is 10.0. The Kier molecular flexibility index (Phi) is 2.92. The fraction of sp³-hybridized carbons (Fsp3) is 0.0625. The lowest BCUT2D eigenvalue weighted by molar-refractivity contribution is 1.12. The largest absolute Gasteiger partial charge is 0.366 e. The maximum atomic E-state index is 4.25. The molecular weight excluding hydrogens is 220 g/mol.